The van der Waals surface area contributed by atoms with E-state index in [2.05, 4.69) is 39.7 Å². The van der Waals surface area contributed by atoms with Crippen LogP contribution in [-0.2, 0) is 6.42 Å². The van der Waals surface area contributed by atoms with Crippen LogP contribution in [0.1, 0.15) is 52.2 Å². The predicted molar refractivity (Wildman–Crippen MR) is 116 cm³/mol. The SMILES string of the molecule is CNc1ccc(-c2cnc(Nc3ccc(C4CC4)cn3)cc2C)c2c1C(=O)CC2. The topological polar surface area (TPSA) is 66.9 Å². The van der Waals surface area contributed by atoms with Gasteiger partial charge >= 0.3 is 0 Å². The van der Waals surface area contributed by atoms with Crippen LogP contribution in [0.15, 0.2) is 42.7 Å². The Bertz CT molecular complexity index is 1100. The third kappa shape index (κ3) is 3.27. The summed E-state index contributed by atoms with van der Waals surface area (Å²) in [5.41, 5.74) is 7.50. The second-order valence-electron chi connectivity index (χ2n) is 7.95. The Morgan fingerprint density at radius 3 is 2.48 bits per heavy atom. The number of carbonyl (C=O) groups is 1. The van der Waals surface area contributed by atoms with E-state index < -0.39 is 0 Å². The van der Waals surface area contributed by atoms with E-state index in [9.17, 15) is 4.79 Å². The average molecular weight is 384 g/mol. The highest BCUT2D eigenvalue weighted by molar-refractivity contribution is 6.07. The van der Waals surface area contributed by atoms with Crippen molar-refractivity contribution in [3.05, 3.63) is 65.0 Å². The van der Waals surface area contributed by atoms with Crippen molar-refractivity contribution in [3.63, 3.8) is 0 Å². The summed E-state index contributed by atoms with van der Waals surface area (Å²) in [6, 6.07) is 10.3. The zero-order valence-corrected chi connectivity index (χ0v) is 16.7. The molecular weight excluding hydrogens is 360 g/mol. The summed E-state index contributed by atoms with van der Waals surface area (Å²) in [6.07, 6.45) is 7.78. The number of aryl methyl sites for hydroxylation is 1. The van der Waals surface area contributed by atoms with E-state index in [0.717, 1.165) is 51.6 Å². The fraction of sp³-hybridized carbons (Fsp3) is 0.292. The Labute approximate surface area is 170 Å². The second-order valence-corrected chi connectivity index (χ2v) is 7.95. The number of fused-ring (bicyclic) bond motifs is 1. The lowest BCUT2D eigenvalue weighted by Crippen LogP contribution is -2.02. The zero-order chi connectivity index (χ0) is 20.0. The first-order valence-electron chi connectivity index (χ1n) is 10.2. The average Bonchev–Trinajstić information content (AvgIpc) is 3.51. The van der Waals surface area contributed by atoms with Crippen molar-refractivity contribution in [1.82, 2.24) is 9.97 Å². The number of pyridine rings is 2. The molecule has 0 aliphatic heterocycles. The molecule has 3 aromatic rings. The molecule has 0 unspecified atom stereocenters. The van der Waals surface area contributed by atoms with E-state index in [4.69, 9.17) is 0 Å². The summed E-state index contributed by atoms with van der Waals surface area (Å²) in [7, 11) is 1.86. The number of rotatable bonds is 5. The van der Waals surface area contributed by atoms with E-state index in [1.807, 2.05) is 37.6 Å². The van der Waals surface area contributed by atoms with E-state index in [-0.39, 0.29) is 5.78 Å². The van der Waals surface area contributed by atoms with Crippen molar-refractivity contribution < 1.29 is 4.79 Å². The molecule has 0 spiro atoms. The summed E-state index contributed by atoms with van der Waals surface area (Å²) in [5.74, 6) is 2.51. The molecule has 2 aliphatic rings. The maximum absolute atomic E-state index is 12.4. The Balaban J connectivity index is 1.44. The van der Waals surface area contributed by atoms with Crippen molar-refractivity contribution in [3.8, 4) is 11.1 Å². The smallest absolute Gasteiger partial charge is 0.165 e. The number of hydrogen-bond acceptors (Lipinski definition) is 5. The van der Waals surface area contributed by atoms with Gasteiger partial charge in [0.1, 0.15) is 11.6 Å². The van der Waals surface area contributed by atoms with Crippen LogP contribution in [0.4, 0.5) is 17.3 Å². The number of anilines is 3. The minimum Gasteiger partial charge on any atom is -0.388 e. The first kappa shape index (κ1) is 17.9. The first-order valence-corrected chi connectivity index (χ1v) is 10.2. The fourth-order valence-corrected chi connectivity index (χ4v) is 4.23. The molecule has 146 valence electrons. The van der Waals surface area contributed by atoms with Crippen LogP contribution in [0.3, 0.4) is 0 Å². The number of Topliss-reactive ketones (excluding diaryl/α,β-unsaturated/α-hetero) is 1. The van der Waals surface area contributed by atoms with Crippen molar-refractivity contribution in [2.24, 2.45) is 0 Å². The molecule has 0 bridgehead atoms. The van der Waals surface area contributed by atoms with Gasteiger partial charge in [0.25, 0.3) is 0 Å². The van der Waals surface area contributed by atoms with Crippen LogP contribution in [0, 0.1) is 6.92 Å². The standard InChI is InChI=1S/C24H24N4O/c1-14-11-23(28-22-10-5-16(12-26-22)15-3-4-15)27-13-19(14)17-6-8-20(25-2)24-18(17)7-9-21(24)29/h5-6,8,10-13,15,25H,3-4,7,9H2,1-2H3,(H,26,27,28). The molecule has 29 heavy (non-hydrogen) atoms. The first-order chi connectivity index (χ1) is 14.1. The Hall–Kier alpha value is -3.21. The molecule has 2 heterocycles. The largest absolute Gasteiger partial charge is 0.388 e. The Morgan fingerprint density at radius 1 is 0.966 bits per heavy atom. The van der Waals surface area contributed by atoms with Gasteiger partial charge in [0.2, 0.25) is 0 Å². The monoisotopic (exact) mass is 384 g/mol. The molecule has 1 saturated carbocycles. The molecule has 1 fully saturated rings. The fourth-order valence-electron chi connectivity index (χ4n) is 4.23. The number of hydrogen-bond donors (Lipinski definition) is 2. The minimum absolute atomic E-state index is 0.218. The zero-order valence-electron chi connectivity index (χ0n) is 16.7. The van der Waals surface area contributed by atoms with E-state index in [1.54, 1.807) is 0 Å². The molecule has 2 N–H and O–H groups in total. The van der Waals surface area contributed by atoms with Crippen LogP contribution in [0.5, 0.6) is 0 Å². The van der Waals surface area contributed by atoms with Gasteiger partial charge in [-0.1, -0.05) is 12.1 Å². The number of aromatic nitrogens is 2. The lowest BCUT2D eigenvalue weighted by Gasteiger charge is -2.15. The van der Waals surface area contributed by atoms with Crippen molar-refractivity contribution in [2.75, 3.05) is 17.7 Å². The predicted octanol–water partition coefficient (Wildman–Crippen LogP) is 5.24. The van der Waals surface area contributed by atoms with Gasteiger partial charge in [-0.3, -0.25) is 4.79 Å². The summed E-state index contributed by atoms with van der Waals surface area (Å²) in [6.45, 7) is 2.08. The van der Waals surface area contributed by atoms with Crippen LogP contribution in [-0.4, -0.2) is 22.8 Å². The molecule has 0 atom stereocenters. The lowest BCUT2D eigenvalue weighted by molar-refractivity contribution is 0.0995. The third-order valence-electron chi connectivity index (χ3n) is 5.96. The highest BCUT2D eigenvalue weighted by Crippen LogP contribution is 2.40. The van der Waals surface area contributed by atoms with Gasteiger partial charge < -0.3 is 10.6 Å². The summed E-state index contributed by atoms with van der Waals surface area (Å²) < 4.78 is 0. The summed E-state index contributed by atoms with van der Waals surface area (Å²) >= 11 is 0. The molecule has 2 aromatic heterocycles. The van der Waals surface area contributed by atoms with Gasteiger partial charge in [0.05, 0.1) is 0 Å². The molecule has 1 aromatic carbocycles. The number of benzene rings is 1. The van der Waals surface area contributed by atoms with Gasteiger partial charge in [-0.05, 0) is 72.6 Å². The molecule has 5 rings (SSSR count). The Morgan fingerprint density at radius 2 is 1.79 bits per heavy atom. The lowest BCUT2D eigenvalue weighted by atomic mass is 9.94. The molecule has 0 saturated heterocycles. The van der Waals surface area contributed by atoms with E-state index in [1.165, 1.54) is 18.4 Å². The molecule has 5 nitrogen and oxygen atoms in total. The summed E-state index contributed by atoms with van der Waals surface area (Å²) in [4.78, 5) is 21.5. The van der Waals surface area contributed by atoms with Gasteiger partial charge in [0, 0.05) is 42.7 Å². The quantitative estimate of drug-likeness (QED) is 0.629. The van der Waals surface area contributed by atoms with Gasteiger partial charge in [-0.2, -0.15) is 0 Å². The van der Waals surface area contributed by atoms with Gasteiger partial charge in [-0.15, -0.1) is 0 Å². The van der Waals surface area contributed by atoms with Gasteiger partial charge in [0.15, 0.2) is 5.78 Å². The highest BCUT2D eigenvalue weighted by atomic mass is 16.1. The van der Waals surface area contributed by atoms with Crippen LogP contribution in [0.25, 0.3) is 11.1 Å². The molecule has 5 heteroatoms. The number of carbonyl (C=O) groups excluding carboxylic acids is 1. The number of nitrogens with one attached hydrogen (secondary N) is 2. The number of nitrogens with zero attached hydrogens (tertiary/aromatic N) is 2. The molecular formula is C24H24N4O. The summed E-state index contributed by atoms with van der Waals surface area (Å²) in [5, 5.41) is 6.45. The van der Waals surface area contributed by atoms with Crippen LogP contribution >= 0.6 is 0 Å². The molecule has 2 aliphatic carbocycles. The maximum atomic E-state index is 12.4. The molecule has 0 amide bonds. The normalized spacial score (nSPS) is 15.3. The van der Waals surface area contributed by atoms with Gasteiger partial charge in [-0.25, -0.2) is 9.97 Å². The third-order valence-corrected chi connectivity index (χ3v) is 5.96. The second kappa shape index (κ2) is 6.99. The minimum atomic E-state index is 0.218. The van der Waals surface area contributed by atoms with E-state index in [0.29, 0.717) is 12.3 Å². The molecule has 0 radical (unpaired) electrons. The van der Waals surface area contributed by atoms with Crippen LogP contribution < -0.4 is 10.6 Å². The maximum Gasteiger partial charge on any atom is 0.165 e. The highest BCUT2D eigenvalue weighted by Gasteiger charge is 2.26. The van der Waals surface area contributed by atoms with Crippen molar-refractivity contribution in [2.45, 2.75) is 38.5 Å². The van der Waals surface area contributed by atoms with Crippen molar-refractivity contribution in [1.29, 1.82) is 0 Å². The van der Waals surface area contributed by atoms with Crippen molar-refractivity contribution >= 4 is 23.1 Å². The Kier molecular flexibility index (Phi) is 4.31. The number of ketones is 1. The van der Waals surface area contributed by atoms with E-state index >= 15 is 0 Å². The van der Waals surface area contributed by atoms with Crippen LogP contribution in [0.2, 0.25) is 0 Å².